The Labute approximate surface area is 149 Å². The molecule has 1 unspecified atom stereocenters. The van der Waals surface area contributed by atoms with Gasteiger partial charge in [0, 0.05) is 28.6 Å². The van der Waals surface area contributed by atoms with Crippen LogP contribution in [0.15, 0.2) is 42.9 Å². The molecule has 0 saturated carbocycles. The molecular weight excluding hydrogens is 411 g/mol. The van der Waals surface area contributed by atoms with E-state index >= 15 is 0 Å². The van der Waals surface area contributed by atoms with Gasteiger partial charge in [0.1, 0.15) is 0 Å². The van der Waals surface area contributed by atoms with Gasteiger partial charge in [-0.2, -0.15) is 5.10 Å². The molecule has 1 aromatic heterocycles. The average molecular weight is 429 g/mol. The SMILES string of the molecule is CN1CN(c2ccc(I)cc2Cl)C=CC1(C)c1cnn(C)c1. The van der Waals surface area contributed by atoms with Crippen LogP contribution in [0, 0.1) is 3.57 Å². The van der Waals surface area contributed by atoms with Gasteiger partial charge in [-0.25, -0.2) is 0 Å². The maximum atomic E-state index is 6.39. The van der Waals surface area contributed by atoms with E-state index in [0.29, 0.717) is 0 Å². The van der Waals surface area contributed by atoms with Crippen LogP contribution >= 0.6 is 34.2 Å². The smallest absolute Gasteiger partial charge is 0.0758 e. The molecule has 1 atom stereocenters. The minimum atomic E-state index is -0.166. The van der Waals surface area contributed by atoms with Crippen LogP contribution in [0.5, 0.6) is 0 Å². The van der Waals surface area contributed by atoms with Gasteiger partial charge in [0.05, 0.1) is 29.1 Å². The molecule has 0 aliphatic carbocycles. The first-order valence-electron chi connectivity index (χ1n) is 7.01. The van der Waals surface area contributed by atoms with Crippen molar-refractivity contribution in [2.24, 2.45) is 7.05 Å². The number of aryl methyl sites for hydroxylation is 1. The van der Waals surface area contributed by atoms with Gasteiger partial charge < -0.3 is 4.90 Å². The van der Waals surface area contributed by atoms with Crippen molar-refractivity contribution in [1.82, 2.24) is 14.7 Å². The van der Waals surface area contributed by atoms with Crippen LogP contribution < -0.4 is 4.90 Å². The first-order chi connectivity index (χ1) is 10.4. The standard InChI is InChI=1S/C16H18ClIN4/c1-16(12-9-19-21(3)10-12)6-7-22(11-20(16)2)15-5-4-13(18)8-14(15)17/h4-10H,11H2,1-3H3. The van der Waals surface area contributed by atoms with Gasteiger partial charge in [0.15, 0.2) is 0 Å². The summed E-state index contributed by atoms with van der Waals surface area (Å²) in [7, 11) is 4.06. The Morgan fingerprint density at radius 2 is 2.09 bits per heavy atom. The Morgan fingerprint density at radius 3 is 2.68 bits per heavy atom. The lowest BCUT2D eigenvalue weighted by Gasteiger charge is -2.43. The third kappa shape index (κ3) is 2.77. The predicted octanol–water partition coefficient (Wildman–Crippen LogP) is 3.82. The first kappa shape index (κ1) is 15.8. The van der Waals surface area contributed by atoms with E-state index in [1.165, 1.54) is 5.56 Å². The lowest BCUT2D eigenvalue weighted by molar-refractivity contribution is 0.180. The van der Waals surface area contributed by atoms with Crippen LogP contribution in [0.2, 0.25) is 5.02 Å². The minimum Gasteiger partial charge on any atom is -0.333 e. The van der Waals surface area contributed by atoms with Gasteiger partial charge in [-0.05, 0) is 60.8 Å². The zero-order valence-corrected chi connectivity index (χ0v) is 15.7. The molecule has 0 radical (unpaired) electrons. The highest BCUT2D eigenvalue weighted by Gasteiger charge is 2.34. The van der Waals surface area contributed by atoms with Gasteiger partial charge in [-0.1, -0.05) is 11.6 Å². The van der Waals surface area contributed by atoms with E-state index in [1.807, 2.05) is 24.0 Å². The zero-order chi connectivity index (χ0) is 15.9. The van der Waals surface area contributed by atoms with E-state index in [-0.39, 0.29) is 5.54 Å². The molecule has 0 N–H and O–H groups in total. The summed E-state index contributed by atoms with van der Waals surface area (Å²) in [5.74, 6) is 0. The third-order valence-corrected chi connectivity index (χ3v) is 5.22. The average Bonchev–Trinajstić information content (AvgIpc) is 2.89. The third-order valence-electron chi connectivity index (χ3n) is 4.24. The number of hydrogen-bond acceptors (Lipinski definition) is 3. The molecule has 0 amide bonds. The molecule has 22 heavy (non-hydrogen) atoms. The molecule has 2 heterocycles. The monoisotopic (exact) mass is 428 g/mol. The molecule has 116 valence electrons. The van der Waals surface area contributed by atoms with E-state index in [1.54, 1.807) is 0 Å². The molecule has 6 heteroatoms. The highest BCUT2D eigenvalue weighted by Crippen LogP contribution is 2.35. The van der Waals surface area contributed by atoms with Crippen LogP contribution in [-0.4, -0.2) is 28.4 Å². The van der Waals surface area contributed by atoms with Gasteiger partial charge >= 0.3 is 0 Å². The second-order valence-electron chi connectivity index (χ2n) is 5.77. The number of likely N-dealkylation sites (N-methyl/N-ethyl adjacent to an activating group) is 1. The predicted molar refractivity (Wildman–Crippen MR) is 99.0 cm³/mol. The van der Waals surface area contributed by atoms with Crippen molar-refractivity contribution >= 4 is 39.9 Å². The fraction of sp³-hybridized carbons (Fsp3) is 0.312. The van der Waals surface area contributed by atoms with Crippen molar-refractivity contribution in [2.45, 2.75) is 12.5 Å². The Hall–Kier alpha value is -1.05. The highest BCUT2D eigenvalue weighted by molar-refractivity contribution is 14.1. The van der Waals surface area contributed by atoms with Crippen LogP contribution in [0.25, 0.3) is 0 Å². The van der Waals surface area contributed by atoms with Crippen molar-refractivity contribution in [1.29, 1.82) is 0 Å². The van der Waals surface area contributed by atoms with Crippen LogP contribution in [0.3, 0.4) is 0 Å². The molecule has 0 fully saturated rings. The van der Waals surface area contributed by atoms with Gasteiger partial charge in [-0.15, -0.1) is 0 Å². The molecule has 0 saturated heterocycles. The van der Waals surface area contributed by atoms with Crippen molar-refractivity contribution in [3.05, 3.63) is 57.0 Å². The Bertz CT molecular complexity index is 727. The summed E-state index contributed by atoms with van der Waals surface area (Å²) in [6.45, 7) is 2.97. The van der Waals surface area contributed by atoms with Crippen molar-refractivity contribution < 1.29 is 0 Å². The van der Waals surface area contributed by atoms with E-state index < -0.39 is 0 Å². The molecular formula is C16H18ClIN4. The van der Waals surface area contributed by atoms with E-state index in [9.17, 15) is 0 Å². The Kier molecular flexibility index (Phi) is 4.22. The quantitative estimate of drug-likeness (QED) is 0.680. The maximum Gasteiger partial charge on any atom is 0.0758 e. The number of hydrogen-bond donors (Lipinski definition) is 0. The number of halogens is 2. The number of aromatic nitrogens is 2. The number of nitrogens with zero attached hydrogens (tertiary/aromatic N) is 4. The summed E-state index contributed by atoms with van der Waals surface area (Å²) >= 11 is 8.66. The van der Waals surface area contributed by atoms with Crippen molar-refractivity contribution in [3.8, 4) is 0 Å². The fourth-order valence-corrected chi connectivity index (χ4v) is 3.62. The molecule has 1 aliphatic rings. The first-order valence-corrected chi connectivity index (χ1v) is 8.47. The Balaban J connectivity index is 1.93. The van der Waals surface area contributed by atoms with Gasteiger partial charge in [-0.3, -0.25) is 9.58 Å². The summed E-state index contributed by atoms with van der Waals surface area (Å²) in [6, 6.07) is 6.12. The fourth-order valence-electron chi connectivity index (χ4n) is 2.65. The molecule has 4 nitrogen and oxygen atoms in total. The summed E-state index contributed by atoms with van der Waals surface area (Å²) in [5.41, 5.74) is 2.04. The van der Waals surface area contributed by atoms with Crippen LogP contribution in [0.4, 0.5) is 5.69 Å². The molecule has 1 aromatic carbocycles. The van der Waals surface area contributed by atoms with Crippen LogP contribution in [0.1, 0.15) is 12.5 Å². The van der Waals surface area contributed by atoms with E-state index in [2.05, 4.69) is 82.1 Å². The summed E-state index contributed by atoms with van der Waals surface area (Å²) < 4.78 is 2.98. The summed E-state index contributed by atoms with van der Waals surface area (Å²) in [6.07, 6.45) is 8.30. The maximum absolute atomic E-state index is 6.39. The lowest BCUT2D eigenvalue weighted by Crippen LogP contribution is -2.48. The molecule has 0 bridgehead atoms. The number of rotatable bonds is 2. The molecule has 2 aromatic rings. The second kappa shape index (κ2) is 5.86. The largest absolute Gasteiger partial charge is 0.333 e. The number of anilines is 1. The van der Waals surface area contributed by atoms with Gasteiger partial charge in [0.2, 0.25) is 0 Å². The lowest BCUT2D eigenvalue weighted by atomic mass is 9.92. The molecule has 3 rings (SSSR count). The Morgan fingerprint density at radius 1 is 1.32 bits per heavy atom. The zero-order valence-electron chi connectivity index (χ0n) is 12.8. The highest BCUT2D eigenvalue weighted by atomic mass is 127. The topological polar surface area (TPSA) is 24.3 Å². The molecule has 0 spiro atoms. The van der Waals surface area contributed by atoms with E-state index in [0.717, 1.165) is 20.9 Å². The van der Waals surface area contributed by atoms with Crippen LogP contribution in [-0.2, 0) is 12.6 Å². The van der Waals surface area contributed by atoms with Crippen molar-refractivity contribution in [2.75, 3.05) is 18.6 Å². The summed E-state index contributed by atoms with van der Waals surface area (Å²) in [5, 5.41) is 5.07. The summed E-state index contributed by atoms with van der Waals surface area (Å²) in [4.78, 5) is 4.45. The van der Waals surface area contributed by atoms with Gasteiger partial charge in [0.25, 0.3) is 0 Å². The second-order valence-corrected chi connectivity index (χ2v) is 7.42. The minimum absolute atomic E-state index is 0.166. The molecule has 1 aliphatic heterocycles. The number of benzene rings is 1. The van der Waals surface area contributed by atoms with E-state index in [4.69, 9.17) is 11.6 Å². The van der Waals surface area contributed by atoms with Crippen molar-refractivity contribution in [3.63, 3.8) is 0 Å². The normalized spacial score (nSPS) is 22.3.